The van der Waals surface area contributed by atoms with Crippen LogP contribution < -0.4 is 0 Å². The van der Waals surface area contributed by atoms with Crippen molar-refractivity contribution in [2.75, 3.05) is 6.54 Å². The highest BCUT2D eigenvalue weighted by molar-refractivity contribution is 7.89. The third-order valence-electron chi connectivity index (χ3n) is 3.87. The summed E-state index contributed by atoms with van der Waals surface area (Å²) in [6, 6.07) is 2.72. The van der Waals surface area contributed by atoms with Gasteiger partial charge in [-0.3, -0.25) is 0 Å². The molecular formula is C16H24FNO2S. The van der Waals surface area contributed by atoms with Crippen LogP contribution in [0.15, 0.2) is 17.0 Å². The smallest absolute Gasteiger partial charge is 0.207 e. The molecule has 1 aromatic rings. The van der Waals surface area contributed by atoms with E-state index in [-0.39, 0.29) is 16.8 Å². The van der Waals surface area contributed by atoms with Crippen LogP contribution in [0.2, 0.25) is 0 Å². The second-order valence-electron chi connectivity index (χ2n) is 6.40. The minimum absolute atomic E-state index is 0.123. The Kier molecular flexibility index (Phi) is 4.73. The van der Waals surface area contributed by atoms with Gasteiger partial charge in [0.1, 0.15) is 5.82 Å². The Bertz CT molecular complexity index is 598. The van der Waals surface area contributed by atoms with E-state index in [1.165, 1.54) is 12.1 Å². The fraction of sp³-hybridized carbons (Fsp3) is 0.625. The Morgan fingerprint density at radius 3 is 2.19 bits per heavy atom. The zero-order chi connectivity index (χ0) is 15.8. The molecule has 1 saturated carbocycles. The van der Waals surface area contributed by atoms with Gasteiger partial charge in [0.05, 0.1) is 4.90 Å². The Balaban J connectivity index is 2.39. The van der Waals surface area contributed by atoms with Gasteiger partial charge in [-0.05, 0) is 62.3 Å². The SMILES string of the molecule is Cc1cc(F)cc(C)c1S(=O)(=O)N(CCC(C)C)C1CC1. The van der Waals surface area contributed by atoms with E-state index in [4.69, 9.17) is 0 Å². The highest BCUT2D eigenvalue weighted by Crippen LogP contribution is 2.34. The van der Waals surface area contributed by atoms with Gasteiger partial charge in [0.15, 0.2) is 0 Å². The molecule has 5 heteroatoms. The van der Waals surface area contributed by atoms with Crippen molar-refractivity contribution in [3.8, 4) is 0 Å². The Morgan fingerprint density at radius 1 is 1.24 bits per heavy atom. The van der Waals surface area contributed by atoms with E-state index >= 15 is 0 Å². The molecule has 1 aromatic carbocycles. The number of hydrogen-bond donors (Lipinski definition) is 0. The van der Waals surface area contributed by atoms with Gasteiger partial charge in [-0.15, -0.1) is 0 Å². The van der Waals surface area contributed by atoms with Crippen molar-refractivity contribution >= 4 is 10.0 Å². The molecule has 21 heavy (non-hydrogen) atoms. The lowest BCUT2D eigenvalue weighted by Gasteiger charge is -2.24. The molecule has 1 aliphatic rings. The normalized spacial score (nSPS) is 16.0. The molecule has 0 saturated heterocycles. The zero-order valence-corrected chi connectivity index (χ0v) is 14.0. The summed E-state index contributed by atoms with van der Waals surface area (Å²) in [7, 11) is -3.54. The van der Waals surface area contributed by atoms with E-state index in [2.05, 4.69) is 13.8 Å². The molecule has 0 aliphatic heterocycles. The summed E-state index contributed by atoms with van der Waals surface area (Å²) in [5.41, 5.74) is 0.977. The number of nitrogens with zero attached hydrogens (tertiary/aromatic N) is 1. The summed E-state index contributed by atoms with van der Waals surface area (Å²) >= 11 is 0. The van der Waals surface area contributed by atoms with Crippen molar-refractivity contribution in [3.05, 3.63) is 29.1 Å². The van der Waals surface area contributed by atoms with Gasteiger partial charge in [0.25, 0.3) is 0 Å². The zero-order valence-electron chi connectivity index (χ0n) is 13.2. The summed E-state index contributed by atoms with van der Waals surface area (Å²) in [5, 5.41) is 0. The van der Waals surface area contributed by atoms with Crippen molar-refractivity contribution < 1.29 is 12.8 Å². The molecule has 1 aliphatic carbocycles. The summed E-state index contributed by atoms with van der Waals surface area (Å²) in [6.45, 7) is 8.05. The first-order chi connectivity index (χ1) is 9.73. The lowest BCUT2D eigenvalue weighted by molar-refractivity contribution is 0.373. The fourth-order valence-corrected chi connectivity index (χ4v) is 4.78. The molecule has 0 amide bonds. The Hall–Kier alpha value is -0.940. The monoisotopic (exact) mass is 313 g/mol. The lowest BCUT2D eigenvalue weighted by atomic mass is 10.1. The van der Waals surface area contributed by atoms with Crippen LogP contribution in [0, 0.1) is 25.6 Å². The molecule has 2 rings (SSSR count). The summed E-state index contributed by atoms with van der Waals surface area (Å²) in [6.07, 6.45) is 2.70. The molecule has 0 N–H and O–H groups in total. The minimum atomic E-state index is -3.54. The van der Waals surface area contributed by atoms with Crippen LogP contribution in [0.1, 0.15) is 44.2 Å². The van der Waals surface area contributed by atoms with E-state index in [0.717, 1.165) is 19.3 Å². The molecular weight excluding hydrogens is 289 g/mol. The summed E-state index contributed by atoms with van der Waals surface area (Å²) in [5.74, 6) is 0.0703. The topological polar surface area (TPSA) is 37.4 Å². The molecule has 0 radical (unpaired) electrons. The second-order valence-corrected chi connectivity index (χ2v) is 8.23. The van der Waals surface area contributed by atoms with Gasteiger partial charge in [0, 0.05) is 12.6 Å². The first-order valence-electron chi connectivity index (χ1n) is 7.52. The predicted molar refractivity (Wildman–Crippen MR) is 82.2 cm³/mol. The third-order valence-corrected chi connectivity index (χ3v) is 6.13. The quantitative estimate of drug-likeness (QED) is 0.804. The molecule has 0 unspecified atom stereocenters. The number of halogens is 1. The van der Waals surface area contributed by atoms with Crippen LogP contribution in [0.3, 0.4) is 0 Å². The highest BCUT2D eigenvalue weighted by Gasteiger charge is 2.39. The first kappa shape index (κ1) is 16.4. The molecule has 0 aromatic heterocycles. The fourth-order valence-electron chi connectivity index (χ4n) is 2.67. The number of hydrogen-bond acceptors (Lipinski definition) is 2. The average Bonchev–Trinajstić information content (AvgIpc) is 3.10. The maximum Gasteiger partial charge on any atom is 0.243 e. The first-order valence-corrected chi connectivity index (χ1v) is 8.96. The molecule has 118 valence electrons. The second kappa shape index (κ2) is 6.05. The highest BCUT2D eigenvalue weighted by atomic mass is 32.2. The van der Waals surface area contributed by atoms with Gasteiger partial charge in [-0.25, -0.2) is 12.8 Å². The Labute approximate surface area is 127 Å². The van der Waals surface area contributed by atoms with Crippen LogP contribution in [-0.2, 0) is 10.0 Å². The molecule has 1 fully saturated rings. The number of rotatable bonds is 6. The van der Waals surface area contributed by atoms with E-state index in [1.54, 1.807) is 18.2 Å². The molecule has 3 nitrogen and oxygen atoms in total. The van der Waals surface area contributed by atoms with E-state index in [1.807, 2.05) is 0 Å². The standard InChI is InChI=1S/C16H24FNO2S/c1-11(2)7-8-18(15-5-6-15)21(19,20)16-12(3)9-14(17)10-13(16)4/h9-11,15H,5-8H2,1-4H3. The molecule has 0 bridgehead atoms. The van der Waals surface area contributed by atoms with Crippen LogP contribution in [0.5, 0.6) is 0 Å². The van der Waals surface area contributed by atoms with Crippen molar-refractivity contribution in [1.29, 1.82) is 0 Å². The Morgan fingerprint density at radius 2 is 1.76 bits per heavy atom. The minimum Gasteiger partial charge on any atom is -0.207 e. The van der Waals surface area contributed by atoms with Crippen LogP contribution in [0.25, 0.3) is 0 Å². The van der Waals surface area contributed by atoms with E-state index in [9.17, 15) is 12.8 Å². The van der Waals surface area contributed by atoms with Crippen LogP contribution in [-0.4, -0.2) is 25.3 Å². The molecule has 0 spiro atoms. The predicted octanol–water partition coefficient (Wildman–Crippen LogP) is 3.64. The van der Waals surface area contributed by atoms with E-state index < -0.39 is 10.0 Å². The van der Waals surface area contributed by atoms with Crippen LogP contribution in [0.4, 0.5) is 4.39 Å². The van der Waals surface area contributed by atoms with Gasteiger partial charge < -0.3 is 0 Å². The number of benzene rings is 1. The van der Waals surface area contributed by atoms with Crippen molar-refractivity contribution in [2.24, 2.45) is 5.92 Å². The van der Waals surface area contributed by atoms with Crippen LogP contribution >= 0.6 is 0 Å². The van der Waals surface area contributed by atoms with Gasteiger partial charge in [0.2, 0.25) is 10.0 Å². The van der Waals surface area contributed by atoms with Gasteiger partial charge >= 0.3 is 0 Å². The third kappa shape index (κ3) is 3.64. The maximum absolute atomic E-state index is 13.4. The lowest BCUT2D eigenvalue weighted by Crippen LogP contribution is -2.35. The van der Waals surface area contributed by atoms with Crippen molar-refractivity contribution in [3.63, 3.8) is 0 Å². The number of sulfonamides is 1. The van der Waals surface area contributed by atoms with E-state index in [0.29, 0.717) is 23.6 Å². The average molecular weight is 313 g/mol. The number of aryl methyl sites for hydroxylation is 2. The molecule has 0 atom stereocenters. The summed E-state index contributed by atoms with van der Waals surface area (Å²) in [4.78, 5) is 0.277. The van der Waals surface area contributed by atoms with Crippen molar-refractivity contribution in [2.45, 2.75) is 57.9 Å². The largest absolute Gasteiger partial charge is 0.243 e. The van der Waals surface area contributed by atoms with Crippen molar-refractivity contribution in [1.82, 2.24) is 4.31 Å². The maximum atomic E-state index is 13.4. The van der Waals surface area contributed by atoms with Gasteiger partial charge in [-0.1, -0.05) is 13.8 Å². The molecule has 0 heterocycles. The summed E-state index contributed by atoms with van der Waals surface area (Å²) < 4.78 is 41.0. The van der Waals surface area contributed by atoms with Gasteiger partial charge in [-0.2, -0.15) is 4.31 Å².